The van der Waals surface area contributed by atoms with Gasteiger partial charge < -0.3 is 9.74 Å². The first-order valence-electron chi connectivity index (χ1n) is 8.32. The van der Waals surface area contributed by atoms with Crippen LogP contribution in [0.25, 0.3) is 5.69 Å². The van der Waals surface area contributed by atoms with E-state index in [9.17, 15) is 13.6 Å². The standard InChI is InChI=1S/C17H18ClF2N5O2S/c1-24(14-8-25(22-15(14)18)12-4-3-5-21-7-12)16(26)13(23-27-2)10-28-9-11-6-17(11,19)20/h3-5,7-8,11H,6,9-10H2,1-2H3. The fraction of sp³-hybridized carbons (Fsp3) is 0.412. The Morgan fingerprint density at radius 3 is 2.93 bits per heavy atom. The molecule has 11 heteroatoms. The van der Waals surface area contributed by atoms with Gasteiger partial charge in [-0.1, -0.05) is 16.8 Å². The summed E-state index contributed by atoms with van der Waals surface area (Å²) in [4.78, 5) is 22.9. The Morgan fingerprint density at radius 2 is 2.32 bits per heavy atom. The minimum absolute atomic E-state index is 0.101. The fourth-order valence-electron chi connectivity index (χ4n) is 2.48. The second-order valence-corrected chi connectivity index (χ2v) is 7.61. The van der Waals surface area contributed by atoms with E-state index in [0.717, 1.165) is 0 Å². The molecule has 1 unspecified atom stereocenters. The zero-order valence-electron chi connectivity index (χ0n) is 15.2. The molecule has 28 heavy (non-hydrogen) atoms. The summed E-state index contributed by atoms with van der Waals surface area (Å²) >= 11 is 7.42. The van der Waals surface area contributed by atoms with E-state index in [-0.39, 0.29) is 28.8 Å². The lowest BCUT2D eigenvalue weighted by Gasteiger charge is -2.16. The van der Waals surface area contributed by atoms with E-state index < -0.39 is 17.7 Å². The highest BCUT2D eigenvalue weighted by Gasteiger charge is 2.56. The molecule has 0 aliphatic heterocycles. The summed E-state index contributed by atoms with van der Waals surface area (Å²) in [5.74, 6) is -3.27. The van der Waals surface area contributed by atoms with Crippen LogP contribution in [0.1, 0.15) is 6.42 Å². The number of carbonyl (C=O) groups excluding carboxylic acids is 1. The van der Waals surface area contributed by atoms with Gasteiger partial charge in [0.05, 0.1) is 18.1 Å². The number of rotatable bonds is 8. The highest BCUT2D eigenvalue weighted by Crippen LogP contribution is 2.50. The number of anilines is 1. The van der Waals surface area contributed by atoms with Crippen molar-refractivity contribution in [3.05, 3.63) is 35.9 Å². The number of aromatic nitrogens is 3. The van der Waals surface area contributed by atoms with Crippen molar-refractivity contribution in [3.63, 3.8) is 0 Å². The molecule has 0 spiro atoms. The molecule has 1 atom stereocenters. The van der Waals surface area contributed by atoms with Crippen LogP contribution in [0.3, 0.4) is 0 Å². The van der Waals surface area contributed by atoms with Crippen molar-refractivity contribution in [3.8, 4) is 5.69 Å². The van der Waals surface area contributed by atoms with Crippen molar-refractivity contribution in [2.45, 2.75) is 12.3 Å². The fourth-order valence-corrected chi connectivity index (χ4v) is 3.87. The molecular weight excluding hydrogens is 412 g/mol. The van der Waals surface area contributed by atoms with Gasteiger partial charge in [-0.2, -0.15) is 16.9 Å². The Hall–Kier alpha value is -2.20. The average molecular weight is 430 g/mol. The van der Waals surface area contributed by atoms with E-state index in [1.165, 1.54) is 35.5 Å². The monoisotopic (exact) mass is 429 g/mol. The minimum Gasteiger partial charge on any atom is -0.399 e. The molecule has 1 aliphatic carbocycles. The number of nitrogens with zero attached hydrogens (tertiary/aromatic N) is 5. The molecule has 0 aromatic carbocycles. The SMILES string of the molecule is CON=C(CSCC1CC1(F)F)C(=O)N(C)c1cn(-c2cccnc2)nc1Cl. The van der Waals surface area contributed by atoms with Crippen molar-refractivity contribution in [1.82, 2.24) is 14.8 Å². The summed E-state index contributed by atoms with van der Waals surface area (Å²) in [6.45, 7) is 0. The van der Waals surface area contributed by atoms with Gasteiger partial charge in [0, 0.05) is 37.1 Å². The molecule has 0 radical (unpaired) electrons. The van der Waals surface area contributed by atoms with E-state index in [0.29, 0.717) is 11.4 Å². The van der Waals surface area contributed by atoms with Gasteiger partial charge >= 0.3 is 0 Å². The third-order valence-corrected chi connectivity index (χ3v) is 5.57. The van der Waals surface area contributed by atoms with Crippen molar-refractivity contribution < 1.29 is 18.4 Å². The van der Waals surface area contributed by atoms with Gasteiger partial charge in [0.1, 0.15) is 12.8 Å². The van der Waals surface area contributed by atoms with Gasteiger partial charge in [0.15, 0.2) is 10.9 Å². The predicted octanol–water partition coefficient (Wildman–Crippen LogP) is 3.27. The number of amides is 1. The molecule has 1 saturated carbocycles. The Labute approximate surface area is 169 Å². The molecule has 0 saturated heterocycles. The maximum atomic E-state index is 13.0. The molecule has 1 fully saturated rings. The van der Waals surface area contributed by atoms with Gasteiger partial charge in [-0.3, -0.25) is 9.78 Å². The second-order valence-electron chi connectivity index (χ2n) is 6.22. The number of thioether (sulfide) groups is 1. The van der Waals surface area contributed by atoms with Crippen LogP contribution >= 0.6 is 23.4 Å². The molecule has 2 aromatic rings. The minimum atomic E-state index is -2.58. The summed E-state index contributed by atoms with van der Waals surface area (Å²) in [5, 5.41) is 8.07. The first-order chi connectivity index (χ1) is 13.3. The molecule has 1 amide bonds. The number of halogens is 3. The molecule has 0 N–H and O–H groups in total. The Kier molecular flexibility index (Phi) is 6.19. The number of carbonyl (C=O) groups is 1. The molecule has 0 bridgehead atoms. The Bertz CT molecular complexity index is 878. The van der Waals surface area contributed by atoms with Crippen LogP contribution in [0.15, 0.2) is 35.9 Å². The van der Waals surface area contributed by atoms with E-state index in [1.54, 1.807) is 30.7 Å². The number of alkyl halides is 2. The molecule has 150 valence electrons. The van der Waals surface area contributed by atoms with E-state index >= 15 is 0 Å². The summed E-state index contributed by atoms with van der Waals surface area (Å²) in [6, 6.07) is 3.55. The first kappa shape index (κ1) is 20.5. The molecule has 1 aliphatic rings. The average Bonchev–Trinajstić information content (AvgIpc) is 3.10. The molecule has 2 aromatic heterocycles. The molecule has 2 heterocycles. The lowest BCUT2D eigenvalue weighted by molar-refractivity contribution is -0.112. The van der Waals surface area contributed by atoms with Crippen LogP contribution in [0.4, 0.5) is 14.5 Å². The third kappa shape index (κ3) is 4.61. The molecule has 3 rings (SSSR count). The topological polar surface area (TPSA) is 72.6 Å². The van der Waals surface area contributed by atoms with Crippen LogP contribution in [0.5, 0.6) is 0 Å². The summed E-state index contributed by atoms with van der Waals surface area (Å²) < 4.78 is 27.5. The van der Waals surface area contributed by atoms with E-state index in [1.807, 2.05) is 0 Å². The number of pyridine rings is 1. The summed E-state index contributed by atoms with van der Waals surface area (Å²) in [6.07, 6.45) is 4.73. The number of hydrogen-bond acceptors (Lipinski definition) is 6. The number of hydrogen-bond donors (Lipinski definition) is 0. The lowest BCUT2D eigenvalue weighted by Crippen LogP contribution is -2.34. The van der Waals surface area contributed by atoms with Gasteiger partial charge in [0.2, 0.25) is 0 Å². The van der Waals surface area contributed by atoms with Gasteiger partial charge in [-0.05, 0) is 12.1 Å². The summed E-state index contributed by atoms with van der Waals surface area (Å²) in [5.41, 5.74) is 1.16. The lowest BCUT2D eigenvalue weighted by atomic mass is 10.3. The maximum Gasteiger partial charge on any atom is 0.276 e. The van der Waals surface area contributed by atoms with Crippen LogP contribution in [-0.2, 0) is 9.63 Å². The normalized spacial score (nSPS) is 18.0. The quantitative estimate of drug-likeness (QED) is 0.475. The Balaban J connectivity index is 1.69. The molecular formula is C17H18ClF2N5O2S. The highest BCUT2D eigenvalue weighted by molar-refractivity contribution is 8.00. The molecule has 7 nitrogen and oxygen atoms in total. The van der Waals surface area contributed by atoms with E-state index in [4.69, 9.17) is 16.4 Å². The van der Waals surface area contributed by atoms with Crippen LogP contribution in [0, 0.1) is 5.92 Å². The zero-order chi connectivity index (χ0) is 20.3. The zero-order valence-corrected chi connectivity index (χ0v) is 16.8. The van der Waals surface area contributed by atoms with Crippen molar-refractivity contribution in [2.75, 3.05) is 30.6 Å². The largest absolute Gasteiger partial charge is 0.399 e. The van der Waals surface area contributed by atoms with Gasteiger partial charge in [-0.25, -0.2) is 13.5 Å². The summed E-state index contributed by atoms with van der Waals surface area (Å²) in [7, 11) is 2.85. The van der Waals surface area contributed by atoms with Gasteiger partial charge in [0.25, 0.3) is 11.8 Å². The van der Waals surface area contributed by atoms with Crippen molar-refractivity contribution >= 4 is 40.7 Å². The van der Waals surface area contributed by atoms with E-state index in [2.05, 4.69) is 15.2 Å². The smallest absolute Gasteiger partial charge is 0.276 e. The van der Waals surface area contributed by atoms with Crippen molar-refractivity contribution in [2.24, 2.45) is 11.1 Å². The predicted molar refractivity (Wildman–Crippen MR) is 105 cm³/mol. The van der Waals surface area contributed by atoms with Crippen LogP contribution in [0.2, 0.25) is 5.15 Å². The van der Waals surface area contributed by atoms with Crippen LogP contribution in [-0.4, -0.2) is 58.0 Å². The van der Waals surface area contributed by atoms with Gasteiger partial charge in [-0.15, -0.1) is 0 Å². The second kappa shape index (κ2) is 8.44. The maximum absolute atomic E-state index is 13.0. The van der Waals surface area contributed by atoms with Crippen LogP contribution < -0.4 is 4.90 Å². The third-order valence-electron chi connectivity index (χ3n) is 4.19. The Morgan fingerprint density at radius 1 is 1.57 bits per heavy atom. The van der Waals surface area contributed by atoms with Crippen molar-refractivity contribution in [1.29, 1.82) is 0 Å². The first-order valence-corrected chi connectivity index (χ1v) is 9.86. The highest BCUT2D eigenvalue weighted by atomic mass is 35.5. The number of oxime groups is 1.